The maximum atomic E-state index is 12.4. The fourth-order valence-corrected chi connectivity index (χ4v) is 3.08. The van der Waals surface area contributed by atoms with Gasteiger partial charge in [-0.15, -0.1) is 0 Å². The number of esters is 1. The van der Waals surface area contributed by atoms with Crippen LogP contribution in [0, 0.1) is 0 Å². The van der Waals surface area contributed by atoms with E-state index in [0.717, 1.165) is 4.47 Å². The normalized spacial score (nSPS) is 10.7. The van der Waals surface area contributed by atoms with E-state index in [1.807, 2.05) is 24.3 Å². The molecule has 0 atom stereocenters. The Morgan fingerprint density at radius 3 is 2.22 bits per heavy atom. The van der Waals surface area contributed by atoms with Gasteiger partial charge in [0.25, 0.3) is 0 Å². The number of rotatable bonds is 5. The summed E-state index contributed by atoms with van der Waals surface area (Å²) in [7, 11) is 0. The number of para-hydroxylation sites is 1. The second-order valence-corrected chi connectivity index (χ2v) is 7.38. The molecule has 0 saturated carbocycles. The van der Waals surface area contributed by atoms with E-state index < -0.39 is 5.97 Å². The minimum atomic E-state index is -0.470. The molecule has 0 saturated heterocycles. The Balaban J connectivity index is 1.80. The monoisotopic (exact) mass is 484 g/mol. The van der Waals surface area contributed by atoms with Gasteiger partial charge in [-0.25, -0.2) is 4.79 Å². The van der Waals surface area contributed by atoms with Crippen LogP contribution in [0.3, 0.4) is 0 Å². The summed E-state index contributed by atoms with van der Waals surface area (Å²) in [5.74, 6) is -0.213. The number of allylic oxidation sites excluding steroid dienone is 1. The Morgan fingerprint density at radius 2 is 1.48 bits per heavy atom. The van der Waals surface area contributed by atoms with Crippen molar-refractivity contribution in [2.45, 2.75) is 0 Å². The topological polar surface area (TPSA) is 43.4 Å². The molecule has 0 bridgehead atoms. The van der Waals surface area contributed by atoms with E-state index in [9.17, 15) is 9.59 Å². The van der Waals surface area contributed by atoms with E-state index in [4.69, 9.17) is 4.74 Å². The van der Waals surface area contributed by atoms with E-state index >= 15 is 0 Å². The van der Waals surface area contributed by atoms with Crippen LogP contribution in [0.1, 0.15) is 26.3 Å². The zero-order chi connectivity index (χ0) is 19.2. The first-order chi connectivity index (χ1) is 13.0. The first-order valence-corrected chi connectivity index (χ1v) is 9.67. The largest absolute Gasteiger partial charge is 0.422 e. The van der Waals surface area contributed by atoms with E-state index in [2.05, 4.69) is 31.9 Å². The molecule has 0 N–H and O–H groups in total. The molecule has 0 heterocycles. The molecule has 3 aromatic carbocycles. The summed E-state index contributed by atoms with van der Waals surface area (Å²) in [4.78, 5) is 24.7. The number of hydrogen-bond acceptors (Lipinski definition) is 3. The van der Waals surface area contributed by atoms with Crippen LogP contribution in [0.25, 0.3) is 6.08 Å². The number of hydrogen-bond donors (Lipinski definition) is 0. The van der Waals surface area contributed by atoms with Crippen molar-refractivity contribution in [3.8, 4) is 5.75 Å². The lowest BCUT2D eigenvalue weighted by molar-refractivity contribution is 0.0733. The Kier molecular flexibility index (Phi) is 6.37. The van der Waals surface area contributed by atoms with Crippen molar-refractivity contribution in [2.24, 2.45) is 0 Å². The number of ether oxygens (including phenoxy) is 1. The molecule has 0 radical (unpaired) electrons. The highest BCUT2D eigenvalue weighted by molar-refractivity contribution is 9.10. The molecule has 3 nitrogen and oxygen atoms in total. The summed E-state index contributed by atoms with van der Waals surface area (Å²) < 4.78 is 7.10. The lowest BCUT2D eigenvalue weighted by atomic mass is 10.1. The van der Waals surface area contributed by atoms with E-state index in [-0.39, 0.29) is 5.78 Å². The second-order valence-electron chi connectivity index (χ2n) is 5.61. The molecule has 0 spiro atoms. The highest BCUT2D eigenvalue weighted by atomic mass is 79.9. The van der Waals surface area contributed by atoms with Gasteiger partial charge in [-0.05, 0) is 70.5 Å². The predicted molar refractivity (Wildman–Crippen MR) is 113 cm³/mol. The van der Waals surface area contributed by atoms with Crippen molar-refractivity contribution < 1.29 is 14.3 Å². The van der Waals surface area contributed by atoms with Gasteiger partial charge >= 0.3 is 5.97 Å². The van der Waals surface area contributed by atoms with Crippen LogP contribution in [-0.2, 0) is 0 Å². The Hall–Kier alpha value is -2.50. The second kappa shape index (κ2) is 8.93. The van der Waals surface area contributed by atoms with E-state index in [0.29, 0.717) is 26.9 Å². The number of carbonyl (C=O) groups is 2. The van der Waals surface area contributed by atoms with Crippen LogP contribution < -0.4 is 4.74 Å². The molecule has 0 aliphatic heterocycles. The highest BCUT2D eigenvalue weighted by Gasteiger charge is 2.13. The SMILES string of the molecule is O=C(/C=C\c1ccccc1OC(=O)c1ccccc1Br)c1ccc(Br)cc1. The molecule has 0 aliphatic carbocycles. The molecule has 0 fully saturated rings. The van der Waals surface area contributed by atoms with Gasteiger partial charge in [0.1, 0.15) is 5.75 Å². The quantitative estimate of drug-likeness (QED) is 0.183. The maximum absolute atomic E-state index is 12.4. The standard InChI is InChI=1S/C22H14Br2O3/c23-17-12-9-15(10-13-17)20(25)14-11-16-5-1-4-8-21(16)27-22(26)18-6-2-3-7-19(18)24/h1-14H/b14-11-. The van der Waals surface area contributed by atoms with Crippen LogP contribution in [0.5, 0.6) is 5.75 Å². The van der Waals surface area contributed by atoms with Crippen molar-refractivity contribution in [1.29, 1.82) is 0 Å². The lowest BCUT2D eigenvalue weighted by Gasteiger charge is -2.08. The summed E-state index contributed by atoms with van der Waals surface area (Å²) in [6, 6.07) is 21.2. The van der Waals surface area contributed by atoms with Crippen LogP contribution in [0.4, 0.5) is 0 Å². The van der Waals surface area contributed by atoms with Crippen LogP contribution >= 0.6 is 31.9 Å². The van der Waals surface area contributed by atoms with E-state index in [1.54, 1.807) is 54.6 Å². The number of halogens is 2. The Morgan fingerprint density at radius 1 is 0.815 bits per heavy atom. The Labute approximate surface area is 173 Å². The van der Waals surface area contributed by atoms with Gasteiger partial charge in [0, 0.05) is 20.1 Å². The van der Waals surface area contributed by atoms with Crippen LogP contribution in [0.15, 0.2) is 87.8 Å². The predicted octanol–water partition coefficient (Wildman–Crippen LogP) is 6.33. The molecule has 134 valence electrons. The van der Waals surface area contributed by atoms with E-state index in [1.165, 1.54) is 6.08 Å². The summed E-state index contributed by atoms with van der Waals surface area (Å²) in [5.41, 5.74) is 1.66. The number of carbonyl (C=O) groups excluding carboxylic acids is 2. The van der Waals surface area contributed by atoms with Gasteiger partial charge in [0.05, 0.1) is 5.56 Å². The summed E-state index contributed by atoms with van der Waals surface area (Å²) in [6.45, 7) is 0. The summed E-state index contributed by atoms with van der Waals surface area (Å²) in [6.07, 6.45) is 3.11. The minimum Gasteiger partial charge on any atom is -0.422 e. The maximum Gasteiger partial charge on any atom is 0.344 e. The number of benzene rings is 3. The zero-order valence-electron chi connectivity index (χ0n) is 14.1. The summed E-state index contributed by atoms with van der Waals surface area (Å²) in [5, 5.41) is 0. The fraction of sp³-hybridized carbons (Fsp3) is 0. The van der Waals surface area contributed by atoms with Gasteiger partial charge < -0.3 is 4.74 Å². The van der Waals surface area contributed by atoms with Crippen molar-refractivity contribution in [3.05, 3.63) is 105 Å². The Bertz CT molecular complexity index is 1010. The first-order valence-electron chi connectivity index (χ1n) is 8.08. The minimum absolute atomic E-state index is 0.130. The van der Waals surface area contributed by atoms with Gasteiger partial charge in [-0.2, -0.15) is 0 Å². The van der Waals surface area contributed by atoms with Gasteiger partial charge in [0.15, 0.2) is 5.78 Å². The van der Waals surface area contributed by atoms with Crippen LogP contribution in [-0.4, -0.2) is 11.8 Å². The molecule has 3 aromatic rings. The smallest absolute Gasteiger partial charge is 0.344 e. The lowest BCUT2D eigenvalue weighted by Crippen LogP contribution is -2.09. The molecule has 0 aromatic heterocycles. The molecule has 0 unspecified atom stereocenters. The fourth-order valence-electron chi connectivity index (χ4n) is 2.37. The van der Waals surface area contributed by atoms with Gasteiger partial charge in [0.2, 0.25) is 0 Å². The van der Waals surface area contributed by atoms with Crippen LogP contribution in [0.2, 0.25) is 0 Å². The van der Waals surface area contributed by atoms with Gasteiger partial charge in [-0.1, -0.05) is 46.3 Å². The average Bonchev–Trinajstić information content (AvgIpc) is 2.68. The van der Waals surface area contributed by atoms with Gasteiger partial charge in [-0.3, -0.25) is 4.79 Å². The molecule has 3 rings (SSSR count). The third-order valence-corrected chi connectivity index (χ3v) is 4.98. The van der Waals surface area contributed by atoms with Crippen molar-refractivity contribution in [3.63, 3.8) is 0 Å². The molecular weight excluding hydrogens is 472 g/mol. The first kappa shape index (κ1) is 19.3. The molecule has 5 heteroatoms. The summed E-state index contributed by atoms with van der Waals surface area (Å²) >= 11 is 6.69. The molecule has 0 aliphatic rings. The van der Waals surface area contributed by atoms with Crippen molar-refractivity contribution >= 4 is 49.7 Å². The number of ketones is 1. The average molecular weight is 486 g/mol. The third-order valence-electron chi connectivity index (χ3n) is 3.76. The molecular formula is C22H14Br2O3. The molecule has 27 heavy (non-hydrogen) atoms. The molecule has 0 amide bonds. The third kappa shape index (κ3) is 5.02. The zero-order valence-corrected chi connectivity index (χ0v) is 17.2. The van der Waals surface area contributed by atoms with Crippen molar-refractivity contribution in [1.82, 2.24) is 0 Å². The van der Waals surface area contributed by atoms with Crippen molar-refractivity contribution in [2.75, 3.05) is 0 Å². The highest BCUT2D eigenvalue weighted by Crippen LogP contribution is 2.23.